The predicted octanol–water partition coefficient (Wildman–Crippen LogP) is 3.72. The summed E-state index contributed by atoms with van der Waals surface area (Å²) in [7, 11) is 0. The minimum absolute atomic E-state index is 0.00417. The average molecular weight is 428 g/mol. The van der Waals surface area contributed by atoms with Crippen LogP contribution < -0.4 is 15.6 Å². The van der Waals surface area contributed by atoms with Gasteiger partial charge in [0, 0.05) is 10.9 Å². The molecular formula is C22H22FN3O3S. The first-order valence-corrected chi connectivity index (χ1v) is 10.2. The van der Waals surface area contributed by atoms with Gasteiger partial charge in [0.15, 0.2) is 6.10 Å². The monoisotopic (exact) mass is 427 g/mol. The fraction of sp³-hybridized carbons (Fsp3) is 0.227. The first kappa shape index (κ1) is 21.4. The van der Waals surface area contributed by atoms with Gasteiger partial charge in [-0.3, -0.25) is 20.4 Å². The number of nitrogens with zero attached hydrogens (tertiary/aromatic N) is 1. The van der Waals surface area contributed by atoms with E-state index in [1.165, 1.54) is 23.5 Å². The van der Waals surface area contributed by atoms with Gasteiger partial charge in [-0.2, -0.15) is 0 Å². The zero-order chi connectivity index (χ0) is 21.7. The van der Waals surface area contributed by atoms with Crippen LogP contribution in [0.1, 0.15) is 23.7 Å². The van der Waals surface area contributed by atoms with Gasteiger partial charge >= 0.3 is 0 Å². The van der Waals surface area contributed by atoms with E-state index in [1.54, 1.807) is 30.5 Å². The Balaban J connectivity index is 1.50. The number of halogens is 1. The number of carbonyl (C=O) groups excluding carboxylic acids is 2. The van der Waals surface area contributed by atoms with Gasteiger partial charge in [-0.15, -0.1) is 11.3 Å². The van der Waals surface area contributed by atoms with E-state index in [9.17, 15) is 14.0 Å². The van der Waals surface area contributed by atoms with E-state index in [0.29, 0.717) is 16.5 Å². The Hall–Kier alpha value is -3.26. The highest BCUT2D eigenvalue weighted by atomic mass is 32.1. The summed E-state index contributed by atoms with van der Waals surface area (Å²) < 4.78 is 18.7. The number of aryl methyl sites for hydroxylation is 1. The topological polar surface area (TPSA) is 80.3 Å². The van der Waals surface area contributed by atoms with Crippen LogP contribution in [0.4, 0.5) is 4.39 Å². The molecule has 0 radical (unpaired) electrons. The number of ether oxygens (including phenoxy) is 1. The third kappa shape index (κ3) is 5.42. The summed E-state index contributed by atoms with van der Waals surface area (Å²) in [4.78, 5) is 28.7. The molecule has 0 saturated carbocycles. The number of carbonyl (C=O) groups is 2. The van der Waals surface area contributed by atoms with E-state index in [1.807, 2.05) is 26.0 Å². The summed E-state index contributed by atoms with van der Waals surface area (Å²) in [6.07, 6.45) is -0.778. The van der Waals surface area contributed by atoms with Crippen LogP contribution >= 0.6 is 11.3 Å². The molecule has 30 heavy (non-hydrogen) atoms. The Labute approximate surface area is 178 Å². The second-order valence-corrected chi connectivity index (χ2v) is 7.68. The molecule has 6 nitrogen and oxygen atoms in total. The van der Waals surface area contributed by atoms with Crippen molar-refractivity contribution in [3.8, 4) is 16.3 Å². The molecule has 2 amide bonds. The third-order valence-electron chi connectivity index (χ3n) is 4.54. The molecular weight excluding hydrogens is 405 g/mol. The van der Waals surface area contributed by atoms with Gasteiger partial charge in [0.25, 0.3) is 5.91 Å². The minimum atomic E-state index is -0.782. The first-order chi connectivity index (χ1) is 14.3. The van der Waals surface area contributed by atoms with Gasteiger partial charge in [0.1, 0.15) is 16.6 Å². The summed E-state index contributed by atoms with van der Waals surface area (Å²) in [5.74, 6) is -0.561. The maximum absolute atomic E-state index is 13.0. The van der Waals surface area contributed by atoms with Crippen molar-refractivity contribution >= 4 is 23.2 Å². The molecule has 3 aromatic rings. The predicted molar refractivity (Wildman–Crippen MR) is 114 cm³/mol. The number of rotatable bonds is 6. The van der Waals surface area contributed by atoms with Crippen LogP contribution in [0.25, 0.3) is 10.6 Å². The van der Waals surface area contributed by atoms with Crippen molar-refractivity contribution in [1.82, 2.24) is 15.8 Å². The molecule has 8 heteroatoms. The van der Waals surface area contributed by atoms with E-state index >= 15 is 0 Å². The van der Waals surface area contributed by atoms with Crippen LogP contribution in [0.3, 0.4) is 0 Å². The molecule has 3 rings (SSSR count). The van der Waals surface area contributed by atoms with E-state index in [4.69, 9.17) is 4.74 Å². The molecule has 0 spiro atoms. The van der Waals surface area contributed by atoms with E-state index in [2.05, 4.69) is 15.8 Å². The Morgan fingerprint density at radius 2 is 1.87 bits per heavy atom. The normalized spacial score (nSPS) is 11.6. The fourth-order valence-electron chi connectivity index (χ4n) is 2.65. The SMILES string of the molecule is Cc1cccc(O[C@@H](C)C(=O)NNC(=O)Cc2csc(-c3ccc(F)cc3)n2)c1C. The van der Waals surface area contributed by atoms with E-state index in [0.717, 1.165) is 16.7 Å². The van der Waals surface area contributed by atoms with Gasteiger partial charge in [-0.25, -0.2) is 9.37 Å². The van der Waals surface area contributed by atoms with Crippen molar-refractivity contribution in [2.75, 3.05) is 0 Å². The summed E-state index contributed by atoms with van der Waals surface area (Å²) in [5.41, 5.74) is 8.11. The van der Waals surface area contributed by atoms with Gasteiger partial charge in [-0.05, 0) is 62.2 Å². The third-order valence-corrected chi connectivity index (χ3v) is 5.48. The maximum atomic E-state index is 13.0. The molecule has 2 N–H and O–H groups in total. The molecule has 0 unspecified atom stereocenters. The van der Waals surface area contributed by atoms with Crippen molar-refractivity contribution in [3.05, 3.63) is 70.5 Å². The molecule has 0 fully saturated rings. The molecule has 0 aliphatic carbocycles. The maximum Gasteiger partial charge on any atom is 0.279 e. The van der Waals surface area contributed by atoms with Crippen LogP contribution in [0.15, 0.2) is 47.8 Å². The summed E-state index contributed by atoms with van der Waals surface area (Å²) >= 11 is 1.36. The van der Waals surface area contributed by atoms with Gasteiger partial charge < -0.3 is 4.74 Å². The highest BCUT2D eigenvalue weighted by molar-refractivity contribution is 7.13. The van der Waals surface area contributed by atoms with Gasteiger partial charge in [0.05, 0.1) is 12.1 Å². The van der Waals surface area contributed by atoms with Crippen LogP contribution in [0.2, 0.25) is 0 Å². The number of hydrogen-bond acceptors (Lipinski definition) is 5. The van der Waals surface area contributed by atoms with Crippen molar-refractivity contribution in [3.63, 3.8) is 0 Å². The molecule has 0 saturated heterocycles. The molecule has 156 valence electrons. The van der Waals surface area contributed by atoms with Crippen molar-refractivity contribution in [2.45, 2.75) is 33.3 Å². The van der Waals surface area contributed by atoms with Crippen LogP contribution in [-0.4, -0.2) is 22.9 Å². The number of thiazole rings is 1. The second kappa shape index (κ2) is 9.49. The number of aromatic nitrogens is 1. The largest absolute Gasteiger partial charge is 0.481 e. The molecule has 1 aromatic heterocycles. The number of hydrazine groups is 1. The summed E-state index contributed by atoms with van der Waals surface area (Å²) in [5, 5.41) is 2.45. The Morgan fingerprint density at radius 1 is 1.13 bits per heavy atom. The first-order valence-electron chi connectivity index (χ1n) is 9.35. The lowest BCUT2D eigenvalue weighted by molar-refractivity contribution is -0.132. The lowest BCUT2D eigenvalue weighted by Crippen LogP contribution is -2.47. The van der Waals surface area contributed by atoms with E-state index < -0.39 is 17.9 Å². The van der Waals surface area contributed by atoms with Crippen LogP contribution in [-0.2, 0) is 16.0 Å². The standard InChI is InChI=1S/C22H22FN3O3S/c1-13-5-4-6-19(14(13)2)29-15(3)21(28)26-25-20(27)11-18-12-30-22(24-18)16-7-9-17(23)10-8-16/h4-10,12,15H,11H2,1-3H3,(H,25,27)(H,26,28)/t15-/m0/s1. The number of nitrogens with one attached hydrogen (secondary N) is 2. The smallest absolute Gasteiger partial charge is 0.279 e. The molecule has 1 heterocycles. The number of amides is 2. The van der Waals surface area contributed by atoms with Crippen molar-refractivity contribution in [2.24, 2.45) is 0 Å². The van der Waals surface area contributed by atoms with Crippen LogP contribution in [0.5, 0.6) is 5.75 Å². The molecule has 2 aromatic carbocycles. The highest BCUT2D eigenvalue weighted by Crippen LogP contribution is 2.24. The van der Waals surface area contributed by atoms with Crippen LogP contribution in [0, 0.1) is 19.7 Å². The lowest BCUT2D eigenvalue weighted by Gasteiger charge is -2.17. The van der Waals surface area contributed by atoms with Crippen molar-refractivity contribution in [1.29, 1.82) is 0 Å². The number of benzene rings is 2. The van der Waals surface area contributed by atoms with Gasteiger partial charge in [0.2, 0.25) is 5.91 Å². The highest BCUT2D eigenvalue weighted by Gasteiger charge is 2.17. The zero-order valence-corrected chi connectivity index (χ0v) is 17.7. The van der Waals surface area contributed by atoms with Crippen molar-refractivity contribution < 1.29 is 18.7 Å². The van der Waals surface area contributed by atoms with Gasteiger partial charge in [-0.1, -0.05) is 12.1 Å². The zero-order valence-electron chi connectivity index (χ0n) is 16.9. The quantitative estimate of drug-likeness (QED) is 0.588. The molecule has 0 aliphatic rings. The lowest BCUT2D eigenvalue weighted by atomic mass is 10.1. The molecule has 1 atom stereocenters. The Bertz CT molecular complexity index is 1050. The number of hydrogen-bond donors (Lipinski definition) is 2. The average Bonchev–Trinajstić information content (AvgIpc) is 3.18. The Morgan fingerprint density at radius 3 is 2.60 bits per heavy atom. The molecule has 0 bridgehead atoms. The summed E-state index contributed by atoms with van der Waals surface area (Å²) in [6.45, 7) is 5.50. The minimum Gasteiger partial charge on any atom is -0.481 e. The second-order valence-electron chi connectivity index (χ2n) is 6.82. The molecule has 0 aliphatic heterocycles. The van der Waals surface area contributed by atoms with E-state index in [-0.39, 0.29) is 12.2 Å². The Kier molecular flexibility index (Phi) is 6.79. The summed E-state index contributed by atoms with van der Waals surface area (Å²) in [6, 6.07) is 11.6. The fourth-order valence-corrected chi connectivity index (χ4v) is 3.48.